The highest BCUT2D eigenvalue weighted by atomic mass is 32.1. The van der Waals surface area contributed by atoms with Crippen LogP contribution in [0, 0.1) is 11.6 Å². The van der Waals surface area contributed by atoms with E-state index in [0.29, 0.717) is 18.5 Å². The van der Waals surface area contributed by atoms with Gasteiger partial charge in [-0.15, -0.1) is 11.3 Å². The third kappa shape index (κ3) is 3.56. The molecule has 0 atom stereocenters. The van der Waals surface area contributed by atoms with Crippen molar-refractivity contribution in [3.8, 4) is 11.3 Å². The number of halogens is 2. The van der Waals surface area contributed by atoms with Gasteiger partial charge in [-0.25, -0.2) is 13.8 Å². The van der Waals surface area contributed by atoms with Crippen LogP contribution in [0.25, 0.3) is 11.3 Å². The van der Waals surface area contributed by atoms with E-state index in [2.05, 4.69) is 15.6 Å². The predicted molar refractivity (Wildman–Crippen MR) is 98.8 cm³/mol. The summed E-state index contributed by atoms with van der Waals surface area (Å²) in [5.41, 5.74) is 4.12. The first kappa shape index (κ1) is 17.3. The molecular formula is C19H13F2N3O2S. The summed E-state index contributed by atoms with van der Waals surface area (Å²) in [4.78, 5) is 28.4. The molecule has 0 fully saturated rings. The zero-order valence-corrected chi connectivity index (χ0v) is 14.7. The Hall–Kier alpha value is -3.13. The molecule has 2 amide bonds. The fourth-order valence-electron chi connectivity index (χ4n) is 2.95. The van der Waals surface area contributed by atoms with Crippen molar-refractivity contribution in [2.45, 2.75) is 12.8 Å². The van der Waals surface area contributed by atoms with Crippen LogP contribution in [-0.2, 0) is 11.2 Å². The quantitative estimate of drug-likeness (QED) is 0.709. The van der Waals surface area contributed by atoms with Gasteiger partial charge in [0.05, 0.1) is 11.2 Å². The fourth-order valence-corrected chi connectivity index (χ4v) is 3.66. The second-order valence-corrected chi connectivity index (χ2v) is 6.92. The van der Waals surface area contributed by atoms with Crippen LogP contribution in [0.5, 0.6) is 0 Å². The van der Waals surface area contributed by atoms with Gasteiger partial charge in [-0.1, -0.05) is 0 Å². The second-order valence-electron chi connectivity index (χ2n) is 6.06. The minimum atomic E-state index is -0.735. The van der Waals surface area contributed by atoms with Gasteiger partial charge in [0.15, 0.2) is 0 Å². The summed E-state index contributed by atoms with van der Waals surface area (Å²) in [5.74, 6) is -1.92. The van der Waals surface area contributed by atoms with E-state index in [1.807, 2.05) is 0 Å². The van der Waals surface area contributed by atoms with Crippen molar-refractivity contribution in [2.75, 3.05) is 10.6 Å². The average Bonchev–Trinajstić information content (AvgIpc) is 3.11. The topological polar surface area (TPSA) is 71.1 Å². The van der Waals surface area contributed by atoms with Crippen molar-refractivity contribution >= 4 is 34.5 Å². The van der Waals surface area contributed by atoms with Gasteiger partial charge in [0, 0.05) is 29.4 Å². The molecule has 136 valence electrons. The molecule has 0 saturated carbocycles. The average molecular weight is 385 g/mol. The van der Waals surface area contributed by atoms with E-state index in [1.54, 1.807) is 18.2 Å². The van der Waals surface area contributed by atoms with E-state index < -0.39 is 17.5 Å². The molecule has 0 radical (unpaired) electrons. The standard InChI is InChI=1S/C19H13F2N3O2S/c20-12-5-11(6-13(21)8-12)17-18(27-9-22-17)19(26)23-14-2-3-15-10(7-14)1-4-16(25)24-15/h2-3,5-9H,1,4H2,(H,23,26)(H,24,25). The molecular weight excluding hydrogens is 372 g/mol. The maximum atomic E-state index is 13.5. The van der Waals surface area contributed by atoms with Crippen LogP contribution in [-0.4, -0.2) is 16.8 Å². The summed E-state index contributed by atoms with van der Waals surface area (Å²) in [6.07, 6.45) is 0.994. The molecule has 4 rings (SSSR count). The van der Waals surface area contributed by atoms with Crippen LogP contribution in [0.3, 0.4) is 0 Å². The number of nitrogens with zero attached hydrogens (tertiary/aromatic N) is 1. The molecule has 27 heavy (non-hydrogen) atoms. The second kappa shape index (κ2) is 6.88. The van der Waals surface area contributed by atoms with E-state index >= 15 is 0 Å². The number of fused-ring (bicyclic) bond motifs is 1. The Bertz CT molecular complexity index is 1040. The number of carbonyl (C=O) groups excluding carboxylic acids is 2. The van der Waals surface area contributed by atoms with E-state index in [4.69, 9.17) is 0 Å². The molecule has 1 aliphatic heterocycles. The molecule has 0 bridgehead atoms. The van der Waals surface area contributed by atoms with Gasteiger partial charge in [-0.05, 0) is 42.3 Å². The van der Waals surface area contributed by atoms with Gasteiger partial charge in [-0.2, -0.15) is 0 Å². The first-order valence-electron chi connectivity index (χ1n) is 8.14. The number of hydrogen-bond acceptors (Lipinski definition) is 4. The number of carbonyl (C=O) groups is 2. The maximum Gasteiger partial charge on any atom is 0.268 e. The van der Waals surface area contributed by atoms with Crippen LogP contribution in [0.15, 0.2) is 41.9 Å². The zero-order chi connectivity index (χ0) is 19.0. The van der Waals surface area contributed by atoms with Crippen LogP contribution < -0.4 is 10.6 Å². The van der Waals surface area contributed by atoms with Crippen molar-refractivity contribution in [1.29, 1.82) is 0 Å². The Morgan fingerprint density at radius 3 is 2.67 bits per heavy atom. The Labute approximate surface area is 157 Å². The van der Waals surface area contributed by atoms with E-state index in [9.17, 15) is 18.4 Å². The van der Waals surface area contributed by atoms with Crippen molar-refractivity contribution in [3.63, 3.8) is 0 Å². The van der Waals surface area contributed by atoms with E-state index in [1.165, 1.54) is 5.51 Å². The Kier molecular flexibility index (Phi) is 4.41. The summed E-state index contributed by atoms with van der Waals surface area (Å²) >= 11 is 1.09. The SMILES string of the molecule is O=C1CCc2cc(NC(=O)c3scnc3-c3cc(F)cc(F)c3)ccc2N1. The Morgan fingerprint density at radius 2 is 1.89 bits per heavy atom. The molecule has 3 aromatic rings. The molecule has 0 unspecified atom stereocenters. The van der Waals surface area contributed by atoms with Gasteiger partial charge >= 0.3 is 0 Å². The van der Waals surface area contributed by atoms with Crippen LogP contribution >= 0.6 is 11.3 Å². The van der Waals surface area contributed by atoms with Gasteiger partial charge in [0.1, 0.15) is 16.5 Å². The number of hydrogen-bond donors (Lipinski definition) is 2. The van der Waals surface area contributed by atoms with Crippen LogP contribution in [0.4, 0.5) is 20.2 Å². The Morgan fingerprint density at radius 1 is 1.11 bits per heavy atom. The largest absolute Gasteiger partial charge is 0.326 e. The lowest BCUT2D eigenvalue weighted by atomic mass is 10.0. The summed E-state index contributed by atoms with van der Waals surface area (Å²) in [6, 6.07) is 8.26. The number of amides is 2. The molecule has 2 N–H and O–H groups in total. The number of nitrogens with one attached hydrogen (secondary N) is 2. The minimum Gasteiger partial charge on any atom is -0.326 e. The Balaban J connectivity index is 1.60. The number of aromatic nitrogens is 1. The number of rotatable bonds is 3. The molecule has 0 spiro atoms. The minimum absolute atomic E-state index is 0.0316. The van der Waals surface area contributed by atoms with Crippen LogP contribution in [0.2, 0.25) is 0 Å². The highest BCUT2D eigenvalue weighted by Gasteiger charge is 2.19. The van der Waals surface area contributed by atoms with Crippen molar-refractivity contribution in [1.82, 2.24) is 4.98 Å². The van der Waals surface area contributed by atoms with Gasteiger partial charge in [-0.3, -0.25) is 9.59 Å². The highest BCUT2D eigenvalue weighted by molar-refractivity contribution is 7.12. The van der Waals surface area contributed by atoms with Crippen molar-refractivity contribution in [2.24, 2.45) is 0 Å². The summed E-state index contributed by atoms with van der Waals surface area (Å²) in [7, 11) is 0. The molecule has 0 saturated heterocycles. The summed E-state index contributed by atoms with van der Waals surface area (Å²) in [5, 5.41) is 5.55. The molecule has 2 aromatic carbocycles. The fraction of sp³-hybridized carbons (Fsp3) is 0.105. The molecule has 0 aliphatic carbocycles. The molecule has 1 aliphatic rings. The molecule has 8 heteroatoms. The smallest absolute Gasteiger partial charge is 0.268 e. The number of thiazole rings is 1. The molecule has 2 heterocycles. The first-order chi connectivity index (χ1) is 13.0. The number of anilines is 2. The normalized spacial score (nSPS) is 13.0. The van der Waals surface area contributed by atoms with Crippen LogP contribution in [0.1, 0.15) is 21.7 Å². The van der Waals surface area contributed by atoms with Gasteiger partial charge < -0.3 is 10.6 Å². The van der Waals surface area contributed by atoms with E-state index in [-0.39, 0.29) is 22.0 Å². The monoisotopic (exact) mass is 385 g/mol. The third-order valence-electron chi connectivity index (χ3n) is 4.17. The van der Waals surface area contributed by atoms with Gasteiger partial charge in [0.2, 0.25) is 5.91 Å². The van der Waals surface area contributed by atoms with E-state index in [0.717, 1.165) is 40.8 Å². The van der Waals surface area contributed by atoms with Crippen molar-refractivity contribution in [3.05, 3.63) is 64.0 Å². The first-order valence-corrected chi connectivity index (χ1v) is 9.01. The van der Waals surface area contributed by atoms with Gasteiger partial charge in [0.25, 0.3) is 5.91 Å². The predicted octanol–water partition coefficient (Wildman–Crippen LogP) is 4.23. The molecule has 5 nitrogen and oxygen atoms in total. The number of benzene rings is 2. The molecule has 1 aromatic heterocycles. The summed E-state index contributed by atoms with van der Waals surface area (Å²) < 4.78 is 27.0. The zero-order valence-electron chi connectivity index (χ0n) is 13.9. The third-order valence-corrected chi connectivity index (χ3v) is 4.99. The lowest BCUT2D eigenvalue weighted by Gasteiger charge is -2.17. The van der Waals surface area contributed by atoms with Crippen molar-refractivity contribution < 1.29 is 18.4 Å². The lowest BCUT2D eigenvalue weighted by molar-refractivity contribution is -0.116. The summed E-state index contributed by atoms with van der Waals surface area (Å²) in [6.45, 7) is 0. The number of aryl methyl sites for hydroxylation is 1. The maximum absolute atomic E-state index is 13.5. The lowest BCUT2D eigenvalue weighted by Crippen LogP contribution is -2.19. The highest BCUT2D eigenvalue weighted by Crippen LogP contribution is 2.29.